The van der Waals surface area contributed by atoms with Gasteiger partial charge in [-0.15, -0.1) is 5.10 Å². The van der Waals surface area contributed by atoms with Crippen LogP contribution in [0.3, 0.4) is 0 Å². The van der Waals surface area contributed by atoms with E-state index in [1.165, 1.54) is 0 Å². The lowest BCUT2D eigenvalue weighted by Gasteiger charge is -2.21. The first-order chi connectivity index (χ1) is 14.5. The smallest absolute Gasteiger partial charge is 0.320 e. The Hall–Kier alpha value is -3.32. The van der Waals surface area contributed by atoms with E-state index in [9.17, 15) is 9.90 Å². The van der Waals surface area contributed by atoms with E-state index in [2.05, 4.69) is 21.8 Å². The van der Waals surface area contributed by atoms with Gasteiger partial charge in [0.05, 0.1) is 30.5 Å². The molecule has 2 amide bonds. The second kappa shape index (κ2) is 6.88. The second-order valence-electron chi connectivity index (χ2n) is 7.99. The zero-order valence-corrected chi connectivity index (χ0v) is 16.9. The van der Waals surface area contributed by atoms with Crippen LogP contribution in [0.1, 0.15) is 35.6 Å². The number of benzene rings is 2. The number of anilines is 1. The Kier molecular flexibility index (Phi) is 4.29. The van der Waals surface area contributed by atoms with Gasteiger partial charge in [0.2, 0.25) is 5.88 Å². The average molecular weight is 404 g/mol. The van der Waals surface area contributed by atoms with Gasteiger partial charge in [-0.3, -0.25) is 5.32 Å². The number of aliphatic hydroxyl groups excluding tert-OH is 1. The fraction of sp³-hybridized carbons (Fsp3) is 0.304. The lowest BCUT2D eigenvalue weighted by Crippen LogP contribution is -2.39. The van der Waals surface area contributed by atoms with Crippen molar-refractivity contribution in [3.05, 3.63) is 71.3 Å². The summed E-state index contributed by atoms with van der Waals surface area (Å²) in [6.07, 6.45) is 1.26. The number of fused-ring (bicyclic) bond motifs is 2. The van der Waals surface area contributed by atoms with Crippen molar-refractivity contribution in [2.24, 2.45) is 0 Å². The molecule has 5 rings (SSSR count). The molecule has 1 aromatic heterocycles. The number of nitrogens with one attached hydrogen (secondary N) is 2. The summed E-state index contributed by atoms with van der Waals surface area (Å²) in [5.74, 6) is 0.967. The number of methoxy groups -OCH3 is 1. The van der Waals surface area contributed by atoms with E-state index in [1.807, 2.05) is 55.5 Å². The van der Waals surface area contributed by atoms with E-state index in [1.54, 1.807) is 11.8 Å². The van der Waals surface area contributed by atoms with Crippen molar-refractivity contribution in [2.75, 3.05) is 12.4 Å². The topological polar surface area (TPSA) is 88.4 Å². The fourth-order valence-electron chi connectivity index (χ4n) is 4.58. The third kappa shape index (κ3) is 2.77. The fourth-order valence-corrected chi connectivity index (χ4v) is 4.58. The third-order valence-electron chi connectivity index (χ3n) is 6.29. The van der Waals surface area contributed by atoms with Gasteiger partial charge in [0.1, 0.15) is 5.82 Å². The summed E-state index contributed by atoms with van der Waals surface area (Å²) in [5, 5.41) is 21.3. The molecule has 3 N–H and O–H groups in total. The van der Waals surface area contributed by atoms with Crippen molar-refractivity contribution in [3.63, 3.8) is 0 Å². The number of carbonyl (C=O) groups is 1. The molecule has 0 saturated heterocycles. The van der Waals surface area contributed by atoms with Crippen molar-refractivity contribution in [2.45, 2.75) is 37.3 Å². The van der Waals surface area contributed by atoms with Gasteiger partial charge < -0.3 is 15.2 Å². The Morgan fingerprint density at radius 1 is 1.17 bits per heavy atom. The molecule has 1 saturated carbocycles. The average Bonchev–Trinajstić information content (AvgIpc) is 3.48. The highest BCUT2D eigenvalue weighted by atomic mass is 16.5. The molecule has 2 aromatic carbocycles. The van der Waals surface area contributed by atoms with E-state index in [-0.39, 0.29) is 5.41 Å². The van der Waals surface area contributed by atoms with Gasteiger partial charge in [-0.05, 0) is 43.0 Å². The van der Waals surface area contributed by atoms with Gasteiger partial charge in [0.15, 0.2) is 0 Å². The Morgan fingerprint density at radius 3 is 2.57 bits per heavy atom. The predicted octanol–water partition coefficient (Wildman–Crippen LogP) is 3.46. The second-order valence-corrected chi connectivity index (χ2v) is 7.99. The number of aliphatic hydroxyl groups is 1. The zero-order valence-electron chi connectivity index (χ0n) is 16.9. The molecular weight excluding hydrogens is 380 g/mol. The number of amides is 2. The minimum atomic E-state index is -0.629. The molecule has 0 bridgehead atoms. The van der Waals surface area contributed by atoms with E-state index >= 15 is 0 Å². The number of nitrogens with zero attached hydrogens (tertiary/aromatic N) is 2. The number of para-hydroxylation sites is 1. The molecule has 1 unspecified atom stereocenters. The van der Waals surface area contributed by atoms with E-state index in [0.717, 1.165) is 35.2 Å². The zero-order chi connectivity index (χ0) is 20.9. The van der Waals surface area contributed by atoms with Crippen molar-refractivity contribution in [1.82, 2.24) is 15.1 Å². The highest BCUT2D eigenvalue weighted by Gasteiger charge is 2.59. The summed E-state index contributed by atoms with van der Waals surface area (Å²) < 4.78 is 7.01. The van der Waals surface area contributed by atoms with Crippen molar-refractivity contribution >= 4 is 11.8 Å². The SMILES string of the molecule is COc1nn(-c2ccccc2)c(NC(=O)NC2c3ccccc3C3(CC3)[C@@H]2O)c1C. The van der Waals surface area contributed by atoms with E-state index in [4.69, 9.17) is 4.74 Å². The number of hydrogen-bond donors (Lipinski definition) is 3. The molecule has 1 heterocycles. The molecule has 2 aliphatic rings. The molecule has 1 fully saturated rings. The van der Waals surface area contributed by atoms with Crippen molar-refractivity contribution in [3.8, 4) is 11.6 Å². The summed E-state index contributed by atoms with van der Waals surface area (Å²) in [7, 11) is 1.55. The first kappa shape index (κ1) is 18.7. The molecular formula is C23H24N4O3. The maximum Gasteiger partial charge on any atom is 0.320 e. The lowest BCUT2D eigenvalue weighted by atomic mass is 9.97. The van der Waals surface area contributed by atoms with Crippen LogP contribution in [0.25, 0.3) is 5.69 Å². The van der Waals surface area contributed by atoms with Crippen molar-refractivity contribution < 1.29 is 14.6 Å². The molecule has 7 nitrogen and oxygen atoms in total. The van der Waals surface area contributed by atoms with Crippen LogP contribution in [0, 0.1) is 6.92 Å². The Bertz CT molecular complexity index is 1100. The summed E-state index contributed by atoms with van der Waals surface area (Å²) in [4.78, 5) is 13.0. The highest BCUT2D eigenvalue weighted by molar-refractivity contribution is 5.90. The number of carbonyl (C=O) groups excluding carboxylic acids is 1. The minimum absolute atomic E-state index is 0.209. The Balaban J connectivity index is 1.43. The molecule has 154 valence electrons. The summed E-state index contributed by atoms with van der Waals surface area (Å²) >= 11 is 0. The summed E-state index contributed by atoms with van der Waals surface area (Å²) in [6, 6.07) is 16.7. The monoisotopic (exact) mass is 404 g/mol. The van der Waals surface area contributed by atoms with Gasteiger partial charge in [0.25, 0.3) is 0 Å². The largest absolute Gasteiger partial charge is 0.480 e. The number of aromatic nitrogens is 2. The van der Waals surface area contributed by atoms with Gasteiger partial charge in [-0.2, -0.15) is 0 Å². The molecule has 2 atom stereocenters. The molecule has 0 aliphatic heterocycles. The maximum atomic E-state index is 13.0. The third-order valence-corrected chi connectivity index (χ3v) is 6.29. The molecule has 30 heavy (non-hydrogen) atoms. The van der Waals surface area contributed by atoms with Crippen LogP contribution in [-0.4, -0.2) is 34.1 Å². The Labute approximate surface area is 174 Å². The number of hydrogen-bond acceptors (Lipinski definition) is 4. The predicted molar refractivity (Wildman–Crippen MR) is 113 cm³/mol. The van der Waals surface area contributed by atoms with Crippen LogP contribution in [0.15, 0.2) is 54.6 Å². The molecule has 7 heteroatoms. The lowest BCUT2D eigenvalue weighted by molar-refractivity contribution is 0.109. The summed E-state index contributed by atoms with van der Waals surface area (Å²) in [5.41, 5.74) is 3.46. The number of rotatable bonds is 4. The van der Waals surface area contributed by atoms with Gasteiger partial charge in [0, 0.05) is 5.41 Å². The van der Waals surface area contributed by atoms with E-state index in [0.29, 0.717) is 11.7 Å². The normalized spacial score (nSPS) is 20.6. The van der Waals surface area contributed by atoms with Crippen molar-refractivity contribution in [1.29, 1.82) is 0 Å². The maximum absolute atomic E-state index is 13.0. The van der Waals surface area contributed by atoms with Gasteiger partial charge in [-0.25, -0.2) is 9.48 Å². The molecule has 0 radical (unpaired) electrons. The minimum Gasteiger partial charge on any atom is -0.480 e. The van der Waals surface area contributed by atoms with Crippen LogP contribution >= 0.6 is 0 Å². The highest BCUT2D eigenvalue weighted by Crippen LogP contribution is 2.59. The molecule has 1 spiro atoms. The van der Waals surface area contributed by atoms with Crippen LogP contribution in [0.2, 0.25) is 0 Å². The Morgan fingerprint density at radius 2 is 1.87 bits per heavy atom. The van der Waals surface area contributed by atoms with Gasteiger partial charge in [-0.1, -0.05) is 42.5 Å². The number of urea groups is 1. The molecule has 3 aromatic rings. The first-order valence-electron chi connectivity index (χ1n) is 10.1. The van der Waals surface area contributed by atoms with E-state index < -0.39 is 18.2 Å². The first-order valence-corrected chi connectivity index (χ1v) is 10.1. The standard InChI is InChI=1S/C23H24N4O3/c1-14-20(27(26-21(14)30-2)15-8-4-3-5-9-15)25-22(29)24-18-16-10-6-7-11-17(16)23(12-13-23)19(18)28/h3-11,18-19,28H,12-13H2,1-2H3,(H2,24,25,29)/t18?,19-/m1/s1. The summed E-state index contributed by atoms with van der Waals surface area (Å²) in [6.45, 7) is 1.85. The molecule has 2 aliphatic carbocycles. The van der Waals surface area contributed by atoms with Crippen LogP contribution in [0.5, 0.6) is 5.88 Å². The van der Waals surface area contributed by atoms with Crippen LogP contribution in [-0.2, 0) is 5.41 Å². The number of ether oxygens (including phenoxy) is 1. The van der Waals surface area contributed by atoms with Crippen LogP contribution in [0.4, 0.5) is 10.6 Å². The quantitative estimate of drug-likeness (QED) is 0.621. The van der Waals surface area contributed by atoms with Crippen LogP contribution < -0.4 is 15.4 Å². The van der Waals surface area contributed by atoms with Gasteiger partial charge >= 0.3 is 6.03 Å².